The number of hydrogen-bond acceptors (Lipinski definition) is 7. The molecular formula is C20H18ClFN2O4S2. The maximum absolute atomic E-state index is 14.2. The molecule has 10 heteroatoms. The molecule has 5 rings (SSSR count). The van der Waals surface area contributed by atoms with E-state index in [2.05, 4.69) is 4.99 Å². The molecule has 0 spiro atoms. The zero-order chi connectivity index (χ0) is 20.9. The van der Waals surface area contributed by atoms with Gasteiger partial charge in [-0.25, -0.2) is 12.8 Å². The SMILES string of the molecule is O=S1(=O)C[C@@H]2N=C(SCc3c(F)cccc3Cl)N(c3ccc4c(c3)OCCO4)[C@H]2C1. The number of benzene rings is 2. The molecule has 0 N–H and O–H groups in total. The number of sulfone groups is 1. The van der Waals surface area contributed by atoms with Crippen molar-refractivity contribution in [1.82, 2.24) is 0 Å². The number of aliphatic imine (C=N–C) groups is 1. The molecular weight excluding hydrogens is 451 g/mol. The van der Waals surface area contributed by atoms with Gasteiger partial charge in [-0.2, -0.15) is 0 Å². The van der Waals surface area contributed by atoms with Crippen molar-refractivity contribution in [1.29, 1.82) is 0 Å². The Labute approximate surface area is 182 Å². The van der Waals surface area contributed by atoms with Crippen molar-refractivity contribution in [2.24, 2.45) is 4.99 Å². The highest BCUT2D eigenvalue weighted by Crippen LogP contribution is 2.40. The number of thioether (sulfide) groups is 1. The van der Waals surface area contributed by atoms with E-state index in [4.69, 9.17) is 21.1 Å². The fraction of sp³-hybridized carbons (Fsp3) is 0.350. The van der Waals surface area contributed by atoms with Crippen LogP contribution in [0.15, 0.2) is 41.4 Å². The third-order valence-electron chi connectivity index (χ3n) is 5.32. The third kappa shape index (κ3) is 3.63. The first kappa shape index (κ1) is 20.0. The summed E-state index contributed by atoms with van der Waals surface area (Å²) in [4.78, 5) is 6.60. The van der Waals surface area contributed by atoms with Crippen LogP contribution in [0, 0.1) is 5.82 Å². The monoisotopic (exact) mass is 468 g/mol. The van der Waals surface area contributed by atoms with E-state index in [1.807, 2.05) is 23.1 Å². The Hall–Kier alpha value is -1.97. The van der Waals surface area contributed by atoms with Gasteiger partial charge < -0.3 is 14.4 Å². The molecule has 0 unspecified atom stereocenters. The molecule has 0 saturated carbocycles. The van der Waals surface area contributed by atoms with Crippen molar-refractivity contribution in [2.45, 2.75) is 17.8 Å². The van der Waals surface area contributed by atoms with Crippen LogP contribution in [0.3, 0.4) is 0 Å². The molecule has 3 aliphatic rings. The Morgan fingerprint density at radius 2 is 1.97 bits per heavy atom. The van der Waals surface area contributed by atoms with E-state index in [-0.39, 0.29) is 35.2 Å². The molecule has 3 aliphatic heterocycles. The number of rotatable bonds is 3. The number of amidine groups is 1. The predicted octanol–water partition coefficient (Wildman–Crippen LogP) is 3.53. The van der Waals surface area contributed by atoms with Crippen molar-refractivity contribution in [3.05, 3.63) is 52.8 Å². The van der Waals surface area contributed by atoms with Crippen molar-refractivity contribution in [2.75, 3.05) is 29.6 Å². The first-order valence-corrected chi connectivity index (χ1v) is 12.6. The van der Waals surface area contributed by atoms with E-state index in [0.717, 1.165) is 5.69 Å². The summed E-state index contributed by atoms with van der Waals surface area (Å²) in [6, 6.07) is 9.47. The Morgan fingerprint density at radius 3 is 2.77 bits per heavy atom. The third-order valence-corrected chi connectivity index (χ3v) is 8.36. The molecule has 2 aromatic rings. The lowest BCUT2D eigenvalue weighted by Gasteiger charge is -2.28. The second-order valence-electron chi connectivity index (χ2n) is 7.31. The van der Waals surface area contributed by atoms with Gasteiger partial charge in [-0.05, 0) is 24.3 Å². The highest BCUT2D eigenvalue weighted by Gasteiger charge is 2.47. The standard InChI is InChI=1S/C20H18ClFN2O4S2/c21-14-2-1-3-15(22)13(14)9-29-20-23-16-10-30(25,26)11-17(16)24(20)12-4-5-18-19(8-12)28-7-6-27-18/h1-5,8,16-17H,6-7,9-11H2/t16-,17-/m0/s1. The molecule has 2 aromatic carbocycles. The fourth-order valence-electron chi connectivity index (χ4n) is 3.92. The molecule has 0 aromatic heterocycles. The van der Waals surface area contributed by atoms with E-state index in [1.54, 1.807) is 12.1 Å². The van der Waals surface area contributed by atoms with Crippen molar-refractivity contribution in [3.63, 3.8) is 0 Å². The lowest BCUT2D eigenvalue weighted by molar-refractivity contribution is 0.171. The van der Waals surface area contributed by atoms with Crippen LogP contribution in [0.2, 0.25) is 5.02 Å². The fourth-order valence-corrected chi connectivity index (χ4v) is 7.23. The number of ether oxygens (including phenoxy) is 2. The van der Waals surface area contributed by atoms with Crippen LogP contribution in [0.4, 0.5) is 10.1 Å². The van der Waals surface area contributed by atoms with E-state index in [0.29, 0.717) is 40.5 Å². The van der Waals surface area contributed by atoms with Crippen LogP contribution in [-0.4, -0.2) is 50.4 Å². The van der Waals surface area contributed by atoms with Gasteiger partial charge in [0.1, 0.15) is 19.0 Å². The molecule has 0 amide bonds. The number of anilines is 1. The van der Waals surface area contributed by atoms with E-state index in [1.165, 1.54) is 17.8 Å². The minimum atomic E-state index is -3.16. The van der Waals surface area contributed by atoms with Crippen molar-refractivity contribution < 1.29 is 22.3 Å². The molecule has 30 heavy (non-hydrogen) atoms. The molecule has 158 valence electrons. The predicted molar refractivity (Wildman–Crippen MR) is 116 cm³/mol. The topological polar surface area (TPSA) is 68.2 Å². The van der Waals surface area contributed by atoms with Crippen molar-refractivity contribution >= 4 is 44.1 Å². The van der Waals surface area contributed by atoms with Gasteiger partial charge in [-0.15, -0.1) is 0 Å². The van der Waals surface area contributed by atoms with Crippen LogP contribution in [0.25, 0.3) is 0 Å². The Kier molecular flexibility index (Phi) is 5.07. The molecule has 6 nitrogen and oxygen atoms in total. The van der Waals surface area contributed by atoms with Gasteiger partial charge in [0, 0.05) is 28.1 Å². The summed E-state index contributed by atoms with van der Waals surface area (Å²) in [6.45, 7) is 0.948. The normalized spacial score (nSPS) is 23.9. The van der Waals surface area contributed by atoms with Crippen LogP contribution in [-0.2, 0) is 15.6 Å². The molecule has 1 fully saturated rings. The summed E-state index contributed by atoms with van der Waals surface area (Å²) in [5.41, 5.74) is 1.17. The van der Waals surface area contributed by atoms with Crippen LogP contribution >= 0.6 is 23.4 Å². The van der Waals surface area contributed by atoms with Crippen LogP contribution < -0.4 is 14.4 Å². The maximum atomic E-state index is 14.2. The van der Waals surface area contributed by atoms with E-state index < -0.39 is 9.84 Å². The minimum absolute atomic E-state index is 0.0171. The van der Waals surface area contributed by atoms with Gasteiger partial charge >= 0.3 is 0 Å². The van der Waals surface area contributed by atoms with E-state index >= 15 is 0 Å². The zero-order valence-electron chi connectivity index (χ0n) is 15.8. The summed E-state index contributed by atoms with van der Waals surface area (Å²) >= 11 is 7.51. The van der Waals surface area contributed by atoms with Crippen molar-refractivity contribution in [3.8, 4) is 11.5 Å². The zero-order valence-corrected chi connectivity index (χ0v) is 18.1. The van der Waals surface area contributed by atoms with Gasteiger partial charge in [-0.3, -0.25) is 4.99 Å². The Morgan fingerprint density at radius 1 is 1.17 bits per heavy atom. The quantitative estimate of drug-likeness (QED) is 0.686. The first-order valence-electron chi connectivity index (χ1n) is 9.44. The Balaban J connectivity index is 1.47. The van der Waals surface area contributed by atoms with Gasteiger partial charge in [0.25, 0.3) is 0 Å². The second-order valence-corrected chi connectivity index (χ2v) is 10.8. The molecule has 2 atom stereocenters. The molecule has 3 heterocycles. The first-order chi connectivity index (χ1) is 14.4. The van der Waals surface area contributed by atoms with E-state index in [9.17, 15) is 12.8 Å². The number of hydrogen-bond donors (Lipinski definition) is 0. The number of nitrogens with zero attached hydrogens (tertiary/aromatic N) is 2. The average Bonchev–Trinajstić information content (AvgIpc) is 3.18. The number of fused-ring (bicyclic) bond motifs is 2. The Bertz CT molecular complexity index is 1120. The smallest absolute Gasteiger partial charge is 0.164 e. The van der Waals surface area contributed by atoms with Crippen LogP contribution in [0.5, 0.6) is 11.5 Å². The number of halogens is 2. The summed E-state index contributed by atoms with van der Waals surface area (Å²) in [7, 11) is -3.16. The average molecular weight is 469 g/mol. The maximum Gasteiger partial charge on any atom is 0.164 e. The van der Waals surface area contributed by atoms with Gasteiger partial charge in [0.15, 0.2) is 26.5 Å². The van der Waals surface area contributed by atoms with Gasteiger partial charge in [0.05, 0.1) is 23.6 Å². The lowest BCUT2D eigenvalue weighted by Crippen LogP contribution is -2.39. The lowest BCUT2D eigenvalue weighted by atomic mass is 10.1. The van der Waals surface area contributed by atoms with Crippen LogP contribution in [0.1, 0.15) is 5.56 Å². The summed E-state index contributed by atoms with van der Waals surface area (Å²) in [6.07, 6.45) is 0. The minimum Gasteiger partial charge on any atom is -0.486 e. The van der Waals surface area contributed by atoms with Gasteiger partial charge in [0.2, 0.25) is 0 Å². The molecule has 0 radical (unpaired) electrons. The summed E-state index contributed by atoms with van der Waals surface area (Å²) in [5, 5.41) is 1.01. The molecule has 0 bridgehead atoms. The molecule has 1 saturated heterocycles. The summed E-state index contributed by atoms with van der Waals surface area (Å²) in [5.74, 6) is 1.23. The second kappa shape index (κ2) is 7.62. The highest BCUT2D eigenvalue weighted by atomic mass is 35.5. The van der Waals surface area contributed by atoms with Gasteiger partial charge in [-0.1, -0.05) is 29.4 Å². The highest BCUT2D eigenvalue weighted by molar-refractivity contribution is 8.13. The largest absolute Gasteiger partial charge is 0.486 e. The molecule has 0 aliphatic carbocycles. The summed E-state index contributed by atoms with van der Waals surface area (Å²) < 4.78 is 49.9.